The third kappa shape index (κ3) is 14.3. The van der Waals surface area contributed by atoms with Gasteiger partial charge in [-0.15, -0.1) is 0 Å². The van der Waals surface area contributed by atoms with Gasteiger partial charge in [0.15, 0.2) is 0 Å². The summed E-state index contributed by atoms with van der Waals surface area (Å²) in [6.07, 6.45) is 28.3. The minimum atomic E-state index is 0.0858. The van der Waals surface area contributed by atoms with E-state index in [9.17, 15) is 0 Å². The van der Waals surface area contributed by atoms with Gasteiger partial charge >= 0.3 is 0 Å². The third-order valence-corrected chi connectivity index (χ3v) is 11.2. The van der Waals surface area contributed by atoms with Crippen LogP contribution < -0.4 is 0 Å². The summed E-state index contributed by atoms with van der Waals surface area (Å²) in [6.45, 7) is 8.72. The van der Waals surface area contributed by atoms with Crippen LogP contribution in [0, 0.1) is 23.7 Å². The summed E-state index contributed by atoms with van der Waals surface area (Å²) in [4.78, 5) is 0. The fourth-order valence-corrected chi connectivity index (χ4v) is 8.19. The number of benzene rings is 2. The molecule has 2 aromatic rings. The zero-order valence-electron chi connectivity index (χ0n) is 29.6. The van der Waals surface area contributed by atoms with Crippen molar-refractivity contribution in [3.8, 4) is 0 Å². The number of unbranched alkanes of at least 4 members (excludes halogenated alkanes) is 2. The van der Waals surface area contributed by atoms with E-state index in [0.717, 1.165) is 23.7 Å². The molecule has 0 saturated heterocycles. The van der Waals surface area contributed by atoms with E-state index in [-0.39, 0.29) is 6.10 Å². The van der Waals surface area contributed by atoms with Crippen LogP contribution >= 0.6 is 0 Å². The Kier molecular flexibility index (Phi) is 17.1. The summed E-state index contributed by atoms with van der Waals surface area (Å²) >= 11 is 0. The molecule has 0 heterocycles. The second-order valence-corrected chi connectivity index (χ2v) is 15.1. The van der Waals surface area contributed by atoms with Crippen LogP contribution in [0.2, 0.25) is 0 Å². The first-order valence-corrected chi connectivity index (χ1v) is 19.5. The highest BCUT2D eigenvalue weighted by Crippen LogP contribution is 2.35. The molecule has 0 radical (unpaired) electrons. The van der Waals surface area contributed by atoms with Crippen molar-refractivity contribution in [3.05, 3.63) is 70.8 Å². The molecular weight excluding hydrogens is 548 g/mol. The van der Waals surface area contributed by atoms with E-state index >= 15 is 0 Å². The molecule has 0 amide bonds. The van der Waals surface area contributed by atoms with Crippen LogP contribution in [-0.2, 0) is 35.5 Å². The highest BCUT2D eigenvalue weighted by atomic mass is 16.5. The van der Waals surface area contributed by atoms with Crippen molar-refractivity contribution >= 4 is 0 Å². The van der Waals surface area contributed by atoms with Gasteiger partial charge in [-0.2, -0.15) is 0 Å². The summed E-state index contributed by atoms with van der Waals surface area (Å²) < 4.78 is 12.1. The van der Waals surface area contributed by atoms with Gasteiger partial charge in [0.05, 0.1) is 25.9 Å². The fourth-order valence-electron chi connectivity index (χ4n) is 8.19. The second-order valence-electron chi connectivity index (χ2n) is 15.1. The van der Waals surface area contributed by atoms with Crippen LogP contribution in [0.1, 0.15) is 159 Å². The number of hydrogen-bond donors (Lipinski definition) is 0. The van der Waals surface area contributed by atoms with Crippen LogP contribution in [0.25, 0.3) is 0 Å². The second kappa shape index (κ2) is 21.3. The summed E-state index contributed by atoms with van der Waals surface area (Å²) in [5.74, 6) is 4.06. The van der Waals surface area contributed by atoms with Gasteiger partial charge in [-0.25, -0.2) is 0 Å². The molecule has 0 bridgehead atoms. The van der Waals surface area contributed by atoms with Gasteiger partial charge in [-0.05, 0) is 78.5 Å². The highest BCUT2D eigenvalue weighted by Gasteiger charge is 2.21. The molecule has 252 valence electrons. The van der Waals surface area contributed by atoms with E-state index in [0.29, 0.717) is 19.8 Å². The molecule has 1 atom stereocenters. The topological polar surface area (TPSA) is 18.5 Å². The van der Waals surface area contributed by atoms with Crippen LogP contribution in [-0.4, -0.2) is 12.7 Å². The van der Waals surface area contributed by atoms with Gasteiger partial charge in [0.1, 0.15) is 0 Å². The van der Waals surface area contributed by atoms with Crippen LogP contribution in [0.15, 0.2) is 48.5 Å². The van der Waals surface area contributed by atoms with Crippen molar-refractivity contribution in [2.24, 2.45) is 23.7 Å². The predicted octanol–water partition coefficient (Wildman–Crippen LogP) is 12.4. The highest BCUT2D eigenvalue weighted by molar-refractivity contribution is 5.23. The first-order chi connectivity index (χ1) is 22.1. The van der Waals surface area contributed by atoms with Crippen molar-refractivity contribution in [1.82, 2.24) is 0 Å². The van der Waals surface area contributed by atoms with Gasteiger partial charge in [0.2, 0.25) is 0 Å². The third-order valence-electron chi connectivity index (χ3n) is 11.2. The Labute approximate surface area is 278 Å². The summed E-state index contributed by atoms with van der Waals surface area (Å²) in [5.41, 5.74) is 5.44. The quantitative estimate of drug-likeness (QED) is 0.130. The Morgan fingerprint density at radius 2 is 0.889 bits per heavy atom. The monoisotopic (exact) mass is 617 g/mol. The molecule has 2 heteroatoms. The molecule has 2 fully saturated rings. The molecule has 0 aromatic heterocycles. The molecule has 0 aliphatic heterocycles. The van der Waals surface area contributed by atoms with Gasteiger partial charge < -0.3 is 9.47 Å². The summed E-state index contributed by atoms with van der Waals surface area (Å²) in [6, 6.07) is 18.2. The SMILES string of the molecule is CCCC1CCC(CCCCc2ccc(COCC(C)OCc3ccc(CCCCC4CCC(CCC)CC4)cc3)cc2)CC1. The number of aryl methyl sites for hydroxylation is 2. The average Bonchev–Trinajstić information content (AvgIpc) is 3.07. The zero-order chi connectivity index (χ0) is 31.5. The van der Waals surface area contributed by atoms with Crippen molar-refractivity contribution in [3.63, 3.8) is 0 Å². The molecule has 2 saturated carbocycles. The summed E-state index contributed by atoms with van der Waals surface area (Å²) in [7, 11) is 0. The Hall–Kier alpha value is -1.64. The molecule has 2 aliphatic rings. The average molecular weight is 617 g/mol. The van der Waals surface area contributed by atoms with Crippen molar-refractivity contribution < 1.29 is 9.47 Å². The van der Waals surface area contributed by atoms with Crippen molar-refractivity contribution in [2.75, 3.05) is 6.61 Å². The first-order valence-electron chi connectivity index (χ1n) is 19.5. The van der Waals surface area contributed by atoms with E-state index in [1.54, 1.807) is 0 Å². The summed E-state index contributed by atoms with van der Waals surface area (Å²) in [5, 5.41) is 0. The maximum absolute atomic E-state index is 6.10. The molecule has 45 heavy (non-hydrogen) atoms. The maximum Gasteiger partial charge on any atom is 0.0785 e. The standard InChI is InChI=1S/C43H68O2/c1-4-10-36-16-20-38(21-17-36)12-6-8-14-40-24-28-42(29-25-40)33-44-32-35(3)45-34-43-30-26-41(27-31-43)15-9-7-13-39-22-18-37(11-5-2)19-23-39/h24-31,35-39H,4-23,32-34H2,1-3H3. The van der Waals surface area contributed by atoms with E-state index in [1.807, 2.05) is 0 Å². The predicted molar refractivity (Wildman–Crippen MR) is 193 cm³/mol. The van der Waals surface area contributed by atoms with Gasteiger partial charge in [-0.1, -0.05) is 165 Å². The number of rotatable bonds is 21. The van der Waals surface area contributed by atoms with Gasteiger partial charge in [0, 0.05) is 0 Å². The van der Waals surface area contributed by atoms with Crippen LogP contribution in [0.4, 0.5) is 0 Å². The molecule has 1 unspecified atom stereocenters. The lowest BCUT2D eigenvalue weighted by Crippen LogP contribution is -2.15. The minimum absolute atomic E-state index is 0.0858. The Morgan fingerprint density at radius 3 is 1.31 bits per heavy atom. The van der Waals surface area contributed by atoms with Gasteiger partial charge in [-0.3, -0.25) is 0 Å². The smallest absolute Gasteiger partial charge is 0.0785 e. The largest absolute Gasteiger partial charge is 0.374 e. The molecule has 2 aromatic carbocycles. The Morgan fingerprint density at radius 1 is 0.511 bits per heavy atom. The zero-order valence-corrected chi connectivity index (χ0v) is 29.6. The lowest BCUT2D eigenvalue weighted by molar-refractivity contribution is -0.0198. The lowest BCUT2D eigenvalue weighted by atomic mass is 9.78. The molecule has 4 rings (SSSR count). The Balaban J connectivity index is 0.996. The number of ether oxygens (including phenoxy) is 2. The number of hydrogen-bond acceptors (Lipinski definition) is 2. The van der Waals surface area contributed by atoms with E-state index in [4.69, 9.17) is 9.47 Å². The van der Waals surface area contributed by atoms with Crippen molar-refractivity contribution in [1.29, 1.82) is 0 Å². The van der Waals surface area contributed by atoms with E-state index < -0.39 is 0 Å². The molecule has 0 spiro atoms. The van der Waals surface area contributed by atoms with Crippen LogP contribution in [0.5, 0.6) is 0 Å². The van der Waals surface area contributed by atoms with Crippen molar-refractivity contribution in [2.45, 2.75) is 169 Å². The van der Waals surface area contributed by atoms with E-state index in [1.165, 1.54) is 151 Å². The Bertz CT molecular complexity index is 995. The maximum atomic E-state index is 6.10. The first kappa shape index (κ1) is 36.2. The fraction of sp³-hybridized carbons (Fsp3) is 0.721. The molecule has 0 N–H and O–H groups in total. The molecular formula is C43H68O2. The lowest BCUT2D eigenvalue weighted by Gasteiger charge is -2.28. The minimum Gasteiger partial charge on any atom is -0.374 e. The molecule has 2 nitrogen and oxygen atoms in total. The van der Waals surface area contributed by atoms with Crippen LogP contribution in [0.3, 0.4) is 0 Å². The van der Waals surface area contributed by atoms with E-state index in [2.05, 4.69) is 69.3 Å². The van der Waals surface area contributed by atoms with Gasteiger partial charge in [0.25, 0.3) is 0 Å². The molecule has 2 aliphatic carbocycles. The normalized spacial score (nSPS) is 22.8.